The van der Waals surface area contributed by atoms with E-state index in [2.05, 4.69) is 20.5 Å². The van der Waals surface area contributed by atoms with Gasteiger partial charge in [-0.2, -0.15) is 4.98 Å². The molecule has 3 rings (SSSR count). The summed E-state index contributed by atoms with van der Waals surface area (Å²) in [6, 6.07) is 5.33. The van der Waals surface area contributed by atoms with Crippen molar-refractivity contribution in [3.05, 3.63) is 23.2 Å². The summed E-state index contributed by atoms with van der Waals surface area (Å²) in [7, 11) is 0. The third kappa shape index (κ3) is 4.45. The molecule has 1 aromatic carbocycles. The van der Waals surface area contributed by atoms with E-state index in [0.29, 0.717) is 47.6 Å². The summed E-state index contributed by atoms with van der Waals surface area (Å²) in [5.74, 6) is 0.674. The highest BCUT2D eigenvalue weighted by atomic mass is 35.5. The van der Waals surface area contributed by atoms with Crippen LogP contribution in [-0.4, -0.2) is 45.0 Å². The van der Waals surface area contributed by atoms with Gasteiger partial charge < -0.3 is 26.8 Å². The van der Waals surface area contributed by atoms with E-state index >= 15 is 0 Å². The minimum absolute atomic E-state index is 0.250. The van der Waals surface area contributed by atoms with Crippen molar-refractivity contribution in [2.45, 2.75) is 35.2 Å². The van der Waals surface area contributed by atoms with Crippen LogP contribution in [0.4, 0.5) is 22.2 Å². The number of aromatic nitrogens is 3. The molecule has 1 aromatic heterocycles. The predicted octanol–water partition coefficient (Wildman–Crippen LogP) is 2.47. The molecule has 1 saturated heterocycles. The molecule has 27 heavy (non-hydrogen) atoms. The molecule has 2 aromatic rings. The van der Waals surface area contributed by atoms with Crippen LogP contribution in [0.15, 0.2) is 28.1 Å². The molecule has 0 radical (unpaired) electrons. The average molecular weight is 410 g/mol. The topological polar surface area (TPSA) is 143 Å². The van der Waals surface area contributed by atoms with Gasteiger partial charge in [0.25, 0.3) is 0 Å². The van der Waals surface area contributed by atoms with E-state index < -0.39 is 11.6 Å². The molecule has 2 heterocycles. The largest absolute Gasteiger partial charge is 0.465 e. The summed E-state index contributed by atoms with van der Waals surface area (Å²) in [6.45, 7) is 3.10. The van der Waals surface area contributed by atoms with Gasteiger partial charge in [0.15, 0.2) is 10.8 Å². The number of benzene rings is 1. The monoisotopic (exact) mass is 409 g/mol. The SMILES string of the molecule is CC1(NC(=O)O)CCN(c2nnc(Sc3cccc(N)c3Cl)c(N)n2)CC1. The molecule has 1 aliphatic heterocycles. The number of piperidine rings is 1. The molecule has 0 aliphatic carbocycles. The molecule has 9 nitrogen and oxygen atoms in total. The highest BCUT2D eigenvalue weighted by molar-refractivity contribution is 7.99. The number of anilines is 3. The van der Waals surface area contributed by atoms with Gasteiger partial charge in [-0.3, -0.25) is 0 Å². The van der Waals surface area contributed by atoms with E-state index in [1.54, 1.807) is 12.1 Å². The van der Waals surface area contributed by atoms with Crippen LogP contribution in [0.3, 0.4) is 0 Å². The smallest absolute Gasteiger partial charge is 0.405 e. The molecule has 0 spiro atoms. The van der Waals surface area contributed by atoms with Gasteiger partial charge in [-0.05, 0) is 31.9 Å². The van der Waals surface area contributed by atoms with Gasteiger partial charge in [0, 0.05) is 23.5 Å². The van der Waals surface area contributed by atoms with Gasteiger partial charge in [0.05, 0.1) is 10.7 Å². The van der Waals surface area contributed by atoms with Gasteiger partial charge in [-0.25, -0.2) is 4.79 Å². The lowest BCUT2D eigenvalue weighted by Gasteiger charge is -2.39. The minimum atomic E-state index is -1.02. The molecule has 1 amide bonds. The van der Waals surface area contributed by atoms with Gasteiger partial charge >= 0.3 is 6.09 Å². The maximum absolute atomic E-state index is 10.9. The van der Waals surface area contributed by atoms with Gasteiger partial charge in [-0.15, -0.1) is 10.2 Å². The number of nitrogen functional groups attached to an aromatic ring is 2. The zero-order chi connectivity index (χ0) is 19.6. The Morgan fingerprint density at radius 3 is 2.67 bits per heavy atom. The summed E-state index contributed by atoms with van der Waals surface area (Å²) in [5.41, 5.74) is 11.9. The van der Waals surface area contributed by atoms with Crippen molar-refractivity contribution in [1.29, 1.82) is 0 Å². The standard InChI is InChI=1S/C16H20ClN7O2S/c1-16(21-15(25)26)5-7-24(8-6-16)14-20-12(19)13(22-23-14)27-10-4-2-3-9(18)11(10)17/h2-4,21H,5-8,18H2,1H3,(H,25,26)(H2,19,20,23). The number of hydrogen-bond acceptors (Lipinski definition) is 8. The van der Waals surface area contributed by atoms with Crippen molar-refractivity contribution >= 4 is 46.9 Å². The third-order valence-electron chi connectivity index (χ3n) is 4.43. The summed E-state index contributed by atoms with van der Waals surface area (Å²) in [5, 5.41) is 20.7. The van der Waals surface area contributed by atoms with Crippen molar-refractivity contribution in [3.63, 3.8) is 0 Å². The summed E-state index contributed by atoms with van der Waals surface area (Å²) in [6.07, 6.45) is 0.255. The average Bonchev–Trinajstić information content (AvgIpc) is 2.60. The fourth-order valence-corrected chi connectivity index (χ4v) is 3.86. The number of rotatable bonds is 4. The Kier molecular flexibility index (Phi) is 5.47. The fourth-order valence-electron chi connectivity index (χ4n) is 2.82. The van der Waals surface area contributed by atoms with Crippen LogP contribution in [0, 0.1) is 0 Å². The number of amides is 1. The Labute approximate surface area is 165 Å². The van der Waals surface area contributed by atoms with Gasteiger partial charge in [-0.1, -0.05) is 29.4 Å². The molecule has 0 atom stereocenters. The number of carboxylic acid groups (broad SMARTS) is 1. The molecule has 1 fully saturated rings. The first kappa shape index (κ1) is 19.3. The molecule has 0 saturated carbocycles. The van der Waals surface area contributed by atoms with Gasteiger partial charge in [0.1, 0.15) is 0 Å². The number of nitrogens with two attached hydrogens (primary N) is 2. The van der Waals surface area contributed by atoms with E-state index in [-0.39, 0.29) is 5.82 Å². The Hall–Kier alpha value is -2.46. The number of hydrogen-bond donors (Lipinski definition) is 4. The Morgan fingerprint density at radius 1 is 1.33 bits per heavy atom. The molecule has 144 valence electrons. The van der Waals surface area contributed by atoms with Crippen molar-refractivity contribution in [1.82, 2.24) is 20.5 Å². The van der Waals surface area contributed by atoms with Crippen molar-refractivity contribution in [2.24, 2.45) is 0 Å². The summed E-state index contributed by atoms with van der Waals surface area (Å²) in [4.78, 5) is 17.9. The number of halogens is 1. The Morgan fingerprint density at radius 2 is 2.04 bits per heavy atom. The van der Waals surface area contributed by atoms with E-state index in [4.69, 9.17) is 28.2 Å². The first-order chi connectivity index (χ1) is 12.8. The van der Waals surface area contributed by atoms with E-state index in [1.807, 2.05) is 17.9 Å². The second kappa shape index (κ2) is 7.65. The minimum Gasteiger partial charge on any atom is -0.465 e. The molecular formula is C16H20ClN7O2S. The predicted molar refractivity (Wildman–Crippen MR) is 105 cm³/mol. The zero-order valence-corrected chi connectivity index (χ0v) is 16.2. The van der Waals surface area contributed by atoms with Crippen molar-refractivity contribution in [2.75, 3.05) is 29.5 Å². The second-order valence-corrected chi connectivity index (χ2v) is 7.95. The molecule has 0 unspecified atom stereocenters. The first-order valence-corrected chi connectivity index (χ1v) is 9.45. The summed E-state index contributed by atoms with van der Waals surface area (Å²) < 4.78 is 0. The quantitative estimate of drug-likeness (QED) is 0.559. The Bertz CT molecular complexity index is 859. The van der Waals surface area contributed by atoms with Crippen LogP contribution in [0.5, 0.6) is 0 Å². The molecule has 0 bridgehead atoms. The van der Waals surface area contributed by atoms with E-state index in [9.17, 15) is 4.79 Å². The van der Waals surface area contributed by atoms with Crippen LogP contribution in [0.25, 0.3) is 0 Å². The first-order valence-electron chi connectivity index (χ1n) is 8.25. The molecule has 11 heteroatoms. The fraction of sp³-hybridized carbons (Fsp3) is 0.375. The third-order valence-corrected chi connectivity index (χ3v) is 6.01. The number of carbonyl (C=O) groups is 1. The van der Waals surface area contributed by atoms with Crippen LogP contribution in [-0.2, 0) is 0 Å². The molecule has 6 N–H and O–H groups in total. The van der Waals surface area contributed by atoms with Crippen LogP contribution < -0.4 is 21.7 Å². The van der Waals surface area contributed by atoms with E-state index in [1.165, 1.54) is 11.8 Å². The highest BCUT2D eigenvalue weighted by Gasteiger charge is 2.32. The lowest BCUT2D eigenvalue weighted by molar-refractivity contribution is 0.173. The number of nitrogens with one attached hydrogen (secondary N) is 1. The normalized spacial score (nSPS) is 16.1. The maximum atomic E-state index is 10.9. The zero-order valence-electron chi connectivity index (χ0n) is 14.6. The van der Waals surface area contributed by atoms with Crippen LogP contribution in [0.2, 0.25) is 5.02 Å². The maximum Gasteiger partial charge on any atom is 0.405 e. The van der Waals surface area contributed by atoms with Crippen LogP contribution >= 0.6 is 23.4 Å². The Balaban J connectivity index is 1.70. The van der Waals surface area contributed by atoms with Crippen molar-refractivity contribution in [3.8, 4) is 0 Å². The lowest BCUT2D eigenvalue weighted by Crippen LogP contribution is -2.53. The number of nitrogens with zero attached hydrogens (tertiary/aromatic N) is 4. The van der Waals surface area contributed by atoms with Crippen LogP contribution in [0.1, 0.15) is 19.8 Å². The lowest BCUT2D eigenvalue weighted by atomic mass is 9.90. The second-order valence-electron chi connectivity index (χ2n) is 6.54. The van der Waals surface area contributed by atoms with Gasteiger partial charge in [0.2, 0.25) is 5.95 Å². The molecule has 1 aliphatic rings. The summed E-state index contributed by atoms with van der Waals surface area (Å²) >= 11 is 7.45. The molecular weight excluding hydrogens is 390 g/mol. The van der Waals surface area contributed by atoms with E-state index in [0.717, 1.165) is 4.90 Å². The van der Waals surface area contributed by atoms with Crippen molar-refractivity contribution < 1.29 is 9.90 Å². The highest BCUT2D eigenvalue weighted by Crippen LogP contribution is 2.37.